The van der Waals surface area contributed by atoms with Crippen LogP contribution in [0.4, 0.5) is 0 Å². The lowest BCUT2D eigenvalue weighted by Gasteiger charge is -2.08. The molecule has 0 amide bonds. The van der Waals surface area contributed by atoms with Gasteiger partial charge in [0.05, 0.1) is 6.42 Å². The Labute approximate surface area is 117 Å². The first kappa shape index (κ1) is 12.4. The summed E-state index contributed by atoms with van der Waals surface area (Å²) in [6.07, 6.45) is 0.0512. The Bertz CT molecular complexity index is 761. The first-order valence-electron chi connectivity index (χ1n) is 6.53. The lowest BCUT2D eigenvalue weighted by Crippen LogP contribution is -2.00. The fourth-order valence-electron chi connectivity index (χ4n) is 2.46. The van der Waals surface area contributed by atoms with E-state index in [1.807, 2.05) is 42.5 Å². The first-order chi connectivity index (χ1) is 9.74. The maximum Gasteiger partial charge on any atom is 0.307 e. The number of hydrogen-bond donors (Lipinski definition) is 1. The van der Waals surface area contributed by atoms with E-state index < -0.39 is 5.97 Å². The summed E-state index contributed by atoms with van der Waals surface area (Å²) < 4.78 is 0. The second-order valence-corrected chi connectivity index (χ2v) is 4.79. The highest BCUT2D eigenvalue weighted by atomic mass is 16.4. The highest BCUT2D eigenvalue weighted by molar-refractivity contribution is 5.92. The molecular formula is C18H14O2. The fraction of sp³-hybridized carbons (Fsp3) is 0.0556. The number of rotatable bonds is 3. The van der Waals surface area contributed by atoms with Gasteiger partial charge in [-0.15, -0.1) is 0 Å². The van der Waals surface area contributed by atoms with Gasteiger partial charge in [0, 0.05) is 0 Å². The van der Waals surface area contributed by atoms with Crippen LogP contribution in [0, 0.1) is 0 Å². The second kappa shape index (κ2) is 5.17. The zero-order valence-corrected chi connectivity index (χ0v) is 10.9. The van der Waals surface area contributed by atoms with Gasteiger partial charge in [-0.3, -0.25) is 4.79 Å². The van der Waals surface area contributed by atoms with Crippen molar-refractivity contribution in [2.45, 2.75) is 6.42 Å². The predicted molar refractivity (Wildman–Crippen MR) is 80.7 cm³/mol. The Morgan fingerprint density at radius 1 is 0.850 bits per heavy atom. The minimum atomic E-state index is -0.803. The van der Waals surface area contributed by atoms with E-state index in [0.717, 1.165) is 27.5 Å². The van der Waals surface area contributed by atoms with Crippen LogP contribution in [-0.2, 0) is 11.2 Å². The number of aliphatic carboxylic acids is 1. The summed E-state index contributed by atoms with van der Waals surface area (Å²) in [5.74, 6) is -0.803. The van der Waals surface area contributed by atoms with E-state index in [9.17, 15) is 4.79 Å². The van der Waals surface area contributed by atoms with Crippen molar-refractivity contribution < 1.29 is 9.90 Å². The van der Waals surface area contributed by atoms with Gasteiger partial charge in [-0.2, -0.15) is 0 Å². The van der Waals surface area contributed by atoms with Crippen molar-refractivity contribution in [2.24, 2.45) is 0 Å². The van der Waals surface area contributed by atoms with Crippen molar-refractivity contribution in [2.75, 3.05) is 0 Å². The van der Waals surface area contributed by atoms with E-state index in [1.165, 1.54) is 0 Å². The monoisotopic (exact) mass is 262 g/mol. The normalized spacial score (nSPS) is 10.6. The van der Waals surface area contributed by atoms with Crippen molar-refractivity contribution in [3.63, 3.8) is 0 Å². The van der Waals surface area contributed by atoms with Crippen molar-refractivity contribution in [3.8, 4) is 11.1 Å². The molecule has 0 spiro atoms. The van der Waals surface area contributed by atoms with E-state index in [0.29, 0.717) is 0 Å². The third kappa shape index (κ3) is 2.41. The summed E-state index contributed by atoms with van der Waals surface area (Å²) in [5.41, 5.74) is 3.10. The maximum absolute atomic E-state index is 11.0. The van der Waals surface area contributed by atoms with Gasteiger partial charge >= 0.3 is 5.97 Å². The molecule has 0 radical (unpaired) electrons. The SMILES string of the molecule is O=C(O)Cc1cccc2ccc(-c3ccccc3)cc12. The first-order valence-corrected chi connectivity index (χ1v) is 6.53. The summed E-state index contributed by atoms with van der Waals surface area (Å²) >= 11 is 0. The van der Waals surface area contributed by atoms with Gasteiger partial charge in [-0.05, 0) is 33.5 Å². The molecule has 0 aliphatic rings. The van der Waals surface area contributed by atoms with Crippen LogP contribution >= 0.6 is 0 Å². The van der Waals surface area contributed by atoms with Crippen molar-refractivity contribution >= 4 is 16.7 Å². The van der Waals surface area contributed by atoms with Crippen LogP contribution < -0.4 is 0 Å². The molecular weight excluding hydrogens is 248 g/mol. The van der Waals surface area contributed by atoms with Crippen molar-refractivity contribution in [3.05, 3.63) is 72.3 Å². The molecule has 0 saturated carbocycles. The molecule has 20 heavy (non-hydrogen) atoms. The molecule has 0 aliphatic carbocycles. The molecule has 1 N–H and O–H groups in total. The average Bonchev–Trinajstić information content (AvgIpc) is 2.47. The van der Waals surface area contributed by atoms with E-state index in [1.54, 1.807) is 0 Å². The largest absolute Gasteiger partial charge is 0.481 e. The molecule has 0 unspecified atom stereocenters. The van der Waals surface area contributed by atoms with Gasteiger partial charge in [0.1, 0.15) is 0 Å². The number of carboxylic acid groups (broad SMARTS) is 1. The molecule has 0 heterocycles. The molecule has 0 saturated heterocycles. The quantitative estimate of drug-likeness (QED) is 0.770. The van der Waals surface area contributed by atoms with Gasteiger partial charge in [-0.1, -0.05) is 60.7 Å². The average molecular weight is 262 g/mol. The Hall–Kier alpha value is -2.61. The number of fused-ring (bicyclic) bond motifs is 1. The van der Waals surface area contributed by atoms with Crippen LogP contribution in [0.25, 0.3) is 21.9 Å². The fourth-order valence-corrected chi connectivity index (χ4v) is 2.46. The van der Waals surface area contributed by atoms with Gasteiger partial charge in [-0.25, -0.2) is 0 Å². The Balaban J connectivity index is 2.16. The van der Waals surface area contributed by atoms with Gasteiger partial charge in [0.15, 0.2) is 0 Å². The molecule has 3 aromatic rings. The third-order valence-corrected chi connectivity index (χ3v) is 3.42. The maximum atomic E-state index is 11.0. The molecule has 0 atom stereocenters. The van der Waals surface area contributed by atoms with Crippen LogP contribution in [-0.4, -0.2) is 11.1 Å². The summed E-state index contributed by atoms with van der Waals surface area (Å²) in [4.78, 5) is 11.0. The van der Waals surface area contributed by atoms with Crippen LogP contribution in [0.5, 0.6) is 0 Å². The van der Waals surface area contributed by atoms with Gasteiger partial charge in [0.25, 0.3) is 0 Å². The highest BCUT2D eigenvalue weighted by Crippen LogP contribution is 2.26. The topological polar surface area (TPSA) is 37.3 Å². The van der Waals surface area contributed by atoms with E-state index in [-0.39, 0.29) is 6.42 Å². The van der Waals surface area contributed by atoms with Crippen molar-refractivity contribution in [1.29, 1.82) is 0 Å². The molecule has 3 rings (SSSR count). The number of carbonyl (C=O) groups is 1. The van der Waals surface area contributed by atoms with E-state index in [2.05, 4.69) is 24.3 Å². The van der Waals surface area contributed by atoms with Gasteiger partial charge < -0.3 is 5.11 Å². The minimum Gasteiger partial charge on any atom is -0.481 e. The Morgan fingerprint density at radius 3 is 2.40 bits per heavy atom. The van der Waals surface area contributed by atoms with Crippen LogP contribution in [0.2, 0.25) is 0 Å². The molecule has 2 nitrogen and oxygen atoms in total. The Kier molecular flexibility index (Phi) is 3.21. The summed E-state index contributed by atoms with van der Waals surface area (Å²) in [6.45, 7) is 0. The van der Waals surface area contributed by atoms with Crippen LogP contribution in [0.1, 0.15) is 5.56 Å². The molecule has 0 aliphatic heterocycles. The standard InChI is InChI=1S/C18H14O2/c19-18(20)12-16-8-4-7-14-9-10-15(11-17(14)16)13-5-2-1-3-6-13/h1-11H,12H2,(H,19,20). The molecule has 3 aromatic carbocycles. The lowest BCUT2D eigenvalue weighted by molar-refractivity contribution is -0.136. The molecule has 2 heteroatoms. The van der Waals surface area contributed by atoms with Gasteiger partial charge in [0.2, 0.25) is 0 Å². The zero-order chi connectivity index (χ0) is 13.9. The second-order valence-electron chi connectivity index (χ2n) is 4.79. The predicted octanol–water partition coefficient (Wildman–Crippen LogP) is 4.13. The number of hydrogen-bond acceptors (Lipinski definition) is 1. The highest BCUT2D eigenvalue weighted by Gasteiger charge is 2.06. The summed E-state index contributed by atoms with van der Waals surface area (Å²) in [6, 6.07) is 22.1. The van der Waals surface area contributed by atoms with E-state index >= 15 is 0 Å². The minimum absolute atomic E-state index is 0.0512. The third-order valence-electron chi connectivity index (χ3n) is 3.42. The molecule has 98 valence electrons. The Morgan fingerprint density at radius 2 is 1.65 bits per heavy atom. The van der Waals surface area contributed by atoms with Crippen LogP contribution in [0.15, 0.2) is 66.7 Å². The zero-order valence-electron chi connectivity index (χ0n) is 10.9. The van der Waals surface area contributed by atoms with Crippen LogP contribution in [0.3, 0.4) is 0 Å². The molecule has 0 fully saturated rings. The summed E-state index contributed by atoms with van der Waals surface area (Å²) in [5, 5.41) is 11.1. The number of benzene rings is 3. The van der Waals surface area contributed by atoms with E-state index in [4.69, 9.17) is 5.11 Å². The molecule has 0 bridgehead atoms. The summed E-state index contributed by atoms with van der Waals surface area (Å²) in [7, 11) is 0. The smallest absolute Gasteiger partial charge is 0.307 e. The molecule has 0 aromatic heterocycles. The number of carboxylic acids is 1. The lowest BCUT2D eigenvalue weighted by atomic mass is 9.97. The van der Waals surface area contributed by atoms with Crippen molar-refractivity contribution in [1.82, 2.24) is 0 Å².